The third-order valence-electron chi connectivity index (χ3n) is 8.36. The zero-order chi connectivity index (χ0) is 29.6. The number of rotatable bonds is 5. The van der Waals surface area contributed by atoms with E-state index in [1.807, 2.05) is 30.6 Å². The molecule has 0 unspecified atom stereocenters. The van der Waals surface area contributed by atoms with Crippen LogP contribution in [0.15, 0.2) is 146 Å². The Balaban J connectivity index is 1.52. The average Bonchev–Trinajstić information content (AvgIpc) is 3.61. The molecule has 0 radical (unpaired) electrons. The van der Waals surface area contributed by atoms with Crippen molar-refractivity contribution in [2.45, 2.75) is 6.92 Å². The molecule has 0 fully saturated rings. The van der Waals surface area contributed by atoms with Gasteiger partial charge in [-0.15, -0.1) is 0 Å². The molecule has 0 atom stereocenters. The monoisotopic (exact) mass is 567 g/mol. The maximum Gasteiger partial charge on any atom is 0.149 e. The topological polar surface area (TPSA) is 61.7 Å². The number of pyridine rings is 2. The van der Waals surface area contributed by atoms with Crippen LogP contribution >= 0.6 is 0 Å². The minimum absolute atomic E-state index is 0.863. The number of fused-ring (bicyclic) bond motifs is 7. The Labute approximate surface area is 254 Å². The van der Waals surface area contributed by atoms with Gasteiger partial charge in [0.25, 0.3) is 0 Å². The summed E-state index contributed by atoms with van der Waals surface area (Å²) in [5.74, 6) is 0. The Morgan fingerprint density at radius 2 is 1.34 bits per heavy atom. The molecule has 0 saturated carbocycles. The van der Waals surface area contributed by atoms with Crippen molar-refractivity contribution in [3.05, 3.63) is 146 Å². The van der Waals surface area contributed by atoms with Gasteiger partial charge in [-0.25, -0.2) is 4.98 Å². The lowest BCUT2D eigenvalue weighted by Gasteiger charge is -2.13. The summed E-state index contributed by atoms with van der Waals surface area (Å²) in [5, 5.41) is 3.26. The van der Waals surface area contributed by atoms with Crippen LogP contribution in [0.5, 0.6) is 0 Å². The highest BCUT2D eigenvalue weighted by Gasteiger charge is 2.22. The Kier molecular flexibility index (Phi) is 6.09. The van der Waals surface area contributed by atoms with Crippen molar-refractivity contribution in [1.82, 2.24) is 19.1 Å². The first-order valence-electron chi connectivity index (χ1n) is 14.7. The predicted molar refractivity (Wildman–Crippen MR) is 184 cm³/mol. The van der Waals surface area contributed by atoms with Gasteiger partial charge in [0.1, 0.15) is 11.2 Å². The molecule has 4 heterocycles. The molecule has 44 heavy (non-hydrogen) atoms. The quantitative estimate of drug-likeness (QED) is 0.211. The number of allylic oxidation sites excluding steroid dienone is 3. The van der Waals surface area contributed by atoms with Crippen LogP contribution in [0, 0.1) is 0 Å². The van der Waals surface area contributed by atoms with Gasteiger partial charge in [0, 0.05) is 34.6 Å². The van der Waals surface area contributed by atoms with Crippen LogP contribution in [-0.2, 0) is 0 Å². The highest BCUT2D eigenvalue weighted by Crippen LogP contribution is 2.41. The zero-order valence-electron chi connectivity index (χ0n) is 24.2. The lowest BCUT2D eigenvalue weighted by molar-refractivity contribution is 1.13. The summed E-state index contributed by atoms with van der Waals surface area (Å²) in [4.78, 5) is 10.1. The zero-order valence-corrected chi connectivity index (χ0v) is 24.2. The average molecular weight is 568 g/mol. The second-order valence-electron chi connectivity index (χ2n) is 11.0. The number of nitrogens with two attached hydrogens (primary N) is 1. The lowest BCUT2D eigenvalue weighted by Crippen LogP contribution is -1.98. The molecule has 8 aromatic rings. The first-order chi connectivity index (χ1) is 21.7. The summed E-state index contributed by atoms with van der Waals surface area (Å²) in [6.07, 6.45) is 9.35. The molecular weight excluding hydrogens is 538 g/mol. The predicted octanol–water partition coefficient (Wildman–Crippen LogP) is 9.35. The second-order valence-corrected chi connectivity index (χ2v) is 11.0. The Bertz CT molecular complexity index is 2340. The highest BCUT2D eigenvalue weighted by atomic mass is 15.1. The van der Waals surface area contributed by atoms with Crippen molar-refractivity contribution in [3.8, 4) is 27.9 Å². The van der Waals surface area contributed by atoms with E-state index in [4.69, 9.17) is 15.7 Å². The van der Waals surface area contributed by atoms with Gasteiger partial charge in [-0.1, -0.05) is 78.9 Å². The number of aromatic nitrogens is 4. The number of hydrogen-bond donors (Lipinski definition) is 1. The third-order valence-corrected chi connectivity index (χ3v) is 8.36. The fourth-order valence-electron chi connectivity index (χ4n) is 6.44. The van der Waals surface area contributed by atoms with Gasteiger partial charge in [-0.2, -0.15) is 0 Å². The van der Waals surface area contributed by atoms with Gasteiger partial charge < -0.3 is 10.3 Å². The molecule has 4 aromatic carbocycles. The summed E-state index contributed by atoms with van der Waals surface area (Å²) in [5.41, 5.74) is 17.4. The van der Waals surface area contributed by atoms with E-state index in [1.165, 1.54) is 0 Å². The van der Waals surface area contributed by atoms with Crippen molar-refractivity contribution in [3.63, 3.8) is 0 Å². The van der Waals surface area contributed by atoms with Crippen LogP contribution in [0.4, 0.5) is 0 Å². The van der Waals surface area contributed by atoms with Crippen molar-refractivity contribution < 1.29 is 0 Å². The SMILES string of the molecule is C/C(=C\C=C/N)n1c2ccccc2c2cnc3c(c4ncccc4n3-c3cc(-c4ccccc4)cc(-c4ccccc4)c3)c21. The first-order valence-corrected chi connectivity index (χ1v) is 14.7. The molecule has 0 aliphatic carbocycles. The molecule has 0 amide bonds. The molecule has 210 valence electrons. The van der Waals surface area contributed by atoms with Crippen LogP contribution in [0.2, 0.25) is 0 Å². The van der Waals surface area contributed by atoms with Gasteiger partial charge in [-0.05, 0) is 83.9 Å². The van der Waals surface area contributed by atoms with Crippen LogP contribution in [-0.4, -0.2) is 19.1 Å². The van der Waals surface area contributed by atoms with E-state index in [1.54, 1.807) is 6.20 Å². The van der Waals surface area contributed by atoms with E-state index in [0.29, 0.717) is 0 Å². The van der Waals surface area contributed by atoms with Crippen molar-refractivity contribution in [2.24, 2.45) is 5.73 Å². The van der Waals surface area contributed by atoms with Crippen LogP contribution in [0.3, 0.4) is 0 Å². The summed E-state index contributed by atoms with van der Waals surface area (Å²) in [6, 6.07) is 40.5. The summed E-state index contributed by atoms with van der Waals surface area (Å²) in [6.45, 7) is 2.11. The molecule has 0 saturated heterocycles. The van der Waals surface area contributed by atoms with E-state index in [2.05, 4.69) is 125 Å². The maximum absolute atomic E-state index is 5.74. The fourth-order valence-corrected chi connectivity index (χ4v) is 6.44. The van der Waals surface area contributed by atoms with E-state index in [-0.39, 0.29) is 0 Å². The maximum atomic E-state index is 5.74. The van der Waals surface area contributed by atoms with Gasteiger partial charge >= 0.3 is 0 Å². The highest BCUT2D eigenvalue weighted by molar-refractivity contribution is 6.24. The van der Waals surface area contributed by atoms with Gasteiger partial charge in [-0.3, -0.25) is 9.55 Å². The minimum Gasteiger partial charge on any atom is -0.405 e. The standard InChI is InChI=1S/C39H29N5/c1-26(12-10-20-40)43-34-18-9-8-17-32(34)33-25-42-39-36(38(33)43)37-35(19-11-21-41-37)44(39)31-23-29(27-13-4-2-5-14-27)22-30(24-31)28-15-6-3-7-16-28/h2-25H,40H2,1H3/b20-10-,26-12+. The Morgan fingerprint density at radius 1 is 0.682 bits per heavy atom. The summed E-state index contributed by atoms with van der Waals surface area (Å²) < 4.78 is 4.57. The van der Waals surface area contributed by atoms with Crippen molar-refractivity contribution in [1.29, 1.82) is 0 Å². The Morgan fingerprint density at radius 3 is 2.05 bits per heavy atom. The van der Waals surface area contributed by atoms with E-state index < -0.39 is 0 Å². The van der Waals surface area contributed by atoms with E-state index in [0.717, 1.165) is 77.5 Å². The van der Waals surface area contributed by atoms with Gasteiger partial charge in [0.2, 0.25) is 0 Å². The largest absolute Gasteiger partial charge is 0.405 e. The first kappa shape index (κ1) is 25.7. The van der Waals surface area contributed by atoms with Crippen molar-refractivity contribution in [2.75, 3.05) is 0 Å². The summed E-state index contributed by atoms with van der Waals surface area (Å²) >= 11 is 0. The smallest absolute Gasteiger partial charge is 0.149 e. The Hall–Kier alpha value is -5.94. The second kappa shape index (κ2) is 10.4. The molecule has 0 spiro atoms. The lowest BCUT2D eigenvalue weighted by atomic mass is 9.98. The molecular formula is C39H29N5. The number of nitrogens with zero attached hydrogens (tertiary/aromatic N) is 4. The molecule has 5 heteroatoms. The number of para-hydroxylation sites is 1. The number of benzene rings is 4. The van der Waals surface area contributed by atoms with E-state index >= 15 is 0 Å². The molecule has 0 aliphatic rings. The molecule has 2 N–H and O–H groups in total. The molecule has 0 bridgehead atoms. The molecule has 4 aromatic heterocycles. The van der Waals surface area contributed by atoms with Gasteiger partial charge in [0.15, 0.2) is 0 Å². The van der Waals surface area contributed by atoms with E-state index in [9.17, 15) is 0 Å². The van der Waals surface area contributed by atoms with Crippen LogP contribution in [0.25, 0.3) is 77.5 Å². The third kappa shape index (κ3) is 4.02. The van der Waals surface area contributed by atoms with Crippen molar-refractivity contribution >= 4 is 49.6 Å². The molecule has 0 aliphatic heterocycles. The van der Waals surface area contributed by atoms with Gasteiger partial charge in [0.05, 0.1) is 21.9 Å². The normalized spacial score (nSPS) is 12.3. The van der Waals surface area contributed by atoms with Crippen LogP contribution < -0.4 is 5.73 Å². The number of hydrogen-bond acceptors (Lipinski definition) is 3. The summed E-state index contributed by atoms with van der Waals surface area (Å²) in [7, 11) is 0. The molecule has 8 rings (SSSR count). The fraction of sp³-hybridized carbons (Fsp3) is 0.0256. The minimum atomic E-state index is 0.863. The molecule has 5 nitrogen and oxygen atoms in total. The van der Waals surface area contributed by atoms with Crippen LogP contribution in [0.1, 0.15) is 6.92 Å².